The summed E-state index contributed by atoms with van der Waals surface area (Å²) in [5.41, 5.74) is 4.45. The van der Waals surface area contributed by atoms with E-state index >= 15 is 0 Å². The number of fused-ring (bicyclic) bond motifs is 1. The molecule has 22 heavy (non-hydrogen) atoms. The molecule has 5 heteroatoms. The monoisotopic (exact) mass is 295 g/mol. The molecule has 0 atom stereocenters. The van der Waals surface area contributed by atoms with Crippen LogP contribution in [0, 0.1) is 6.92 Å². The van der Waals surface area contributed by atoms with Gasteiger partial charge in [-0.15, -0.1) is 0 Å². The van der Waals surface area contributed by atoms with Crippen molar-refractivity contribution in [2.75, 3.05) is 16.0 Å². The number of nitrogens with one attached hydrogen (secondary N) is 3. The van der Waals surface area contributed by atoms with E-state index in [0.717, 1.165) is 22.5 Å². The van der Waals surface area contributed by atoms with Gasteiger partial charge in [-0.05, 0) is 49.2 Å². The maximum Gasteiger partial charge on any atom is 0.323 e. The van der Waals surface area contributed by atoms with Crippen LogP contribution in [0.15, 0.2) is 42.5 Å². The molecule has 0 saturated carbocycles. The van der Waals surface area contributed by atoms with Gasteiger partial charge in [-0.3, -0.25) is 4.79 Å². The zero-order valence-electron chi connectivity index (χ0n) is 12.3. The number of carbonyl (C=O) groups excluding carboxylic acids is 2. The lowest BCUT2D eigenvalue weighted by atomic mass is 10.0. The first-order chi connectivity index (χ1) is 10.6. The number of urea groups is 1. The van der Waals surface area contributed by atoms with E-state index < -0.39 is 0 Å². The molecular formula is C17H17N3O2. The van der Waals surface area contributed by atoms with E-state index in [9.17, 15) is 9.59 Å². The molecule has 0 spiro atoms. The van der Waals surface area contributed by atoms with Gasteiger partial charge in [-0.25, -0.2) is 4.79 Å². The number of rotatable bonds is 2. The van der Waals surface area contributed by atoms with Crippen molar-refractivity contribution in [2.24, 2.45) is 0 Å². The Balaban J connectivity index is 1.66. The highest BCUT2D eigenvalue weighted by molar-refractivity contribution is 6.00. The summed E-state index contributed by atoms with van der Waals surface area (Å²) in [5.74, 6) is 0.0327. The fourth-order valence-corrected chi connectivity index (χ4v) is 2.39. The van der Waals surface area contributed by atoms with E-state index in [-0.39, 0.29) is 11.9 Å². The lowest BCUT2D eigenvalue weighted by Gasteiger charge is -2.17. The van der Waals surface area contributed by atoms with Crippen LogP contribution in [-0.4, -0.2) is 11.9 Å². The van der Waals surface area contributed by atoms with E-state index in [1.807, 2.05) is 43.3 Å². The Labute approximate surface area is 128 Å². The Morgan fingerprint density at radius 2 is 1.68 bits per heavy atom. The average Bonchev–Trinajstić information content (AvgIpc) is 2.50. The molecule has 112 valence electrons. The molecule has 3 amide bonds. The first kappa shape index (κ1) is 14.1. The first-order valence-electron chi connectivity index (χ1n) is 7.17. The number of benzene rings is 2. The molecule has 0 fully saturated rings. The molecule has 0 radical (unpaired) electrons. The van der Waals surface area contributed by atoms with Crippen molar-refractivity contribution in [2.45, 2.75) is 19.8 Å². The fraction of sp³-hybridized carbons (Fsp3) is 0.176. The first-order valence-corrected chi connectivity index (χ1v) is 7.17. The number of aryl methyl sites for hydroxylation is 2. The molecule has 2 aromatic carbocycles. The van der Waals surface area contributed by atoms with Crippen molar-refractivity contribution in [1.82, 2.24) is 0 Å². The molecule has 0 aliphatic carbocycles. The summed E-state index contributed by atoms with van der Waals surface area (Å²) in [7, 11) is 0. The van der Waals surface area contributed by atoms with Gasteiger partial charge in [0.25, 0.3) is 0 Å². The molecule has 0 saturated heterocycles. The summed E-state index contributed by atoms with van der Waals surface area (Å²) in [4.78, 5) is 23.3. The second-order valence-electron chi connectivity index (χ2n) is 5.37. The molecule has 3 N–H and O–H groups in total. The smallest absolute Gasteiger partial charge is 0.323 e. The van der Waals surface area contributed by atoms with Gasteiger partial charge < -0.3 is 16.0 Å². The van der Waals surface area contributed by atoms with E-state index in [4.69, 9.17) is 0 Å². The number of hydrogen-bond donors (Lipinski definition) is 3. The predicted octanol–water partition coefficient (Wildman–Crippen LogP) is 3.52. The van der Waals surface area contributed by atoms with Gasteiger partial charge in [0.2, 0.25) is 5.91 Å². The van der Waals surface area contributed by atoms with Gasteiger partial charge in [-0.1, -0.05) is 17.7 Å². The van der Waals surface area contributed by atoms with Crippen molar-refractivity contribution >= 4 is 29.0 Å². The lowest BCUT2D eigenvalue weighted by Crippen LogP contribution is -2.21. The van der Waals surface area contributed by atoms with Crippen LogP contribution in [0.2, 0.25) is 0 Å². The Hall–Kier alpha value is -2.82. The van der Waals surface area contributed by atoms with Crippen molar-refractivity contribution in [1.29, 1.82) is 0 Å². The Morgan fingerprint density at radius 1 is 1.00 bits per heavy atom. The molecule has 1 heterocycles. The second kappa shape index (κ2) is 5.89. The van der Waals surface area contributed by atoms with Gasteiger partial charge in [0, 0.05) is 23.5 Å². The third-order valence-electron chi connectivity index (χ3n) is 3.57. The van der Waals surface area contributed by atoms with Crippen LogP contribution < -0.4 is 16.0 Å². The van der Waals surface area contributed by atoms with Crippen LogP contribution in [0.4, 0.5) is 21.9 Å². The topological polar surface area (TPSA) is 70.2 Å². The van der Waals surface area contributed by atoms with E-state index in [2.05, 4.69) is 16.0 Å². The van der Waals surface area contributed by atoms with Crippen molar-refractivity contribution < 1.29 is 9.59 Å². The summed E-state index contributed by atoms with van der Waals surface area (Å²) in [6, 6.07) is 12.8. The maximum absolute atomic E-state index is 12.0. The fourth-order valence-electron chi connectivity index (χ4n) is 2.39. The molecule has 1 aliphatic heterocycles. The Morgan fingerprint density at radius 3 is 2.45 bits per heavy atom. The van der Waals surface area contributed by atoms with Crippen molar-refractivity contribution in [3.63, 3.8) is 0 Å². The zero-order chi connectivity index (χ0) is 15.5. The van der Waals surface area contributed by atoms with E-state index in [1.54, 1.807) is 6.07 Å². The Bertz CT molecular complexity index is 723. The third-order valence-corrected chi connectivity index (χ3v) is 3.57. The molecular weight excluding hydrogens is 278 g/mol. The molecule has 3 rings (SSSR count). The summed E-state index contributed by atoms with van der Waals surface area (Å²) < 4.78 is 0. The lowest BCUT2D eigenvalue weighted by molar-refractivity contribution is -0.116. The van der Waals surface area contributed by atoms with Crippen LogP contribution in [-0.2, 0) is 11.2 Å². The van der Waals surface area contributed by atoms with Gasteiger partial charge >= 0.3 is 6.03 Å². The average molecular weight is 295 g/mol. The SMILES string of the molecule is Cc1ccc(NC(=O)Nc2ccc3c(c2)CCC(=O)N3)cc1. The molecule has 0 aromatic heterocycles. The minimum absolute atomic E-state index is 0.0327. The molecule has 0 bridgehead atoms. The third kappa shape index (κ3) is 3.25. The van der Waals surface area contributed by atoms with Crippen molar-refractivity contribution in [3.8, 4) is 0 Å². The van der Waals surface area contributed by atoms with Gasteiger partial charge in [0.15, 0.2) is 0 Å². The summed E-state index contributed by atoms with van der Waals surface area (Å²) in [6.07, 6.45) is 1.17. The van der Waals surface area contributed by atoms with Crippen LogP contribution in [0.3, 0.4) is 0 Å². The minimum atomic E-state index is -0.288. The number of anilines is 3. The van der Waals surface area contributed by atoms with Gasteiger partial charge in [-0.2, -0.15) is 0 Å². The number of carbonyl (C=O) groups is 2. The Kier molecular flexibility index (Phi) is 3.78. The molecule has 2 aromatic rings. The largest absolute Gasteiger partial charge is 0.326 e. The van der Waals surface area contributed by atoms with Gasteiger partial charge in [0.1, 0.15) is 0 Å². The van der Waals surface area contributed by atoms with Crippen LogP contribution in [0.25, 0.3) is 0 Å². The summed E-state index contributed by atoms with van der Waals surface area (Å²) in [6.45, 7) is 2.00. The molecule has 5 nitrogen and oxygen atoms in total. The second-order valence-corrected chi connectivity index (χ2v) is 5.37. The minimum Gasteiger partial charge on any atom is -0.326 e. The summed E-state index contributed by atoms with van der Waals surface area (Å²) in [5, 5.41) is 8.41. The number of hydrogen-bond acceptors (Lipinski definition) is 2. The van der Waals surface area contributed by atoms with Crippen LogP contribution >= 0.6 is 0 Å². The van der Waals surface area contributed by atoms with Crippen LogP contribution in [0.1, 0.15) is 17.5 Å². The maximum atomic E-state index is 12.0. The van der Waals surface area contributed by atoms with Crippen molar-refractivity contribution in [3.05, 3.63) is 53.6 Å². The van der Waals surface area contributed by atoms with E-state index in [1.165, 1.54) is 0 Å². The molecule has 0 unspecified atom stereocenters. The van der Waals surface area contributed by atoms with Gasteiger partial charge in [0.05, 0.1) is 0 Å². The number of amides is 3. The molecule has 1 aliphatic rings. The highest BCUT2D eigenvalue weighted by Gasteiger charge is 2.15. The quantitative estimate of drug-likeness (QED) is 0.793. The standard InChI is InChI=1S/C17H17N3O2/c1-11-2-5-13(6-3-11)18-17(22)19-14-7-8-15-12(10-14)4-9-16(21)20-15/h2-3,5-8,10H,4,9H2,1H3,(H,20,21)(H2,18,19,22). The summed E-state index contributed by atoms with van der Waals surface area (Å²) >= 11 is 0. The van der Waals surface area contributed by atoms with Crippen LogP contribution in [0.5, 0.6) is 0 Å². The normalized spacial score (nSPS) is 13.0. The predicted molar refractivity (Wildman–Crippen MR) is 87.2 cm³/mol. The highest BCUT2D eigenvalue weighted by atomic mass is 16.2. The highest BCUT2D eigenvalue weighted by Crippen LogP contribution is 2.25. The zero-order valence-corrected chi connectivity index (χ0v) is 12.3. The van der Waals surface area contributed by atoms with E-state index in [0.29, 0.717) is 18.5 Å².